The Morgan fingerprint density at radius 1 is 0.969 bits per heavy atom. The number of fused-ring (bicyclic) bond motifs is 2. The van der Waals surface area contributed by atoms with Gasteiger partial charge in [0.1, 0.15) is 11.4 Å². The lowest BCUT2D eigenvalue weighted by molar-refractivity contribution is 0.0971. The second-order valence-corrected chi connectivity index (χ2v) is 9.11. The van der Waals surface area contributed by atoms with Gasteiger partial charge in [0, 0.05) is 10.2 Å². The van der Waals surface area contributed by atoms with Gasteiger partial charge in [-0.05, 0) is 59.5 Å². The predicted molar refractivity (Wildman–Crippen MR) is 126 cm³/mol. The van der Waals surface area contributed by atoms with E-state index in [2.05, 4.69) is 29.8 Å². The molecule has 1 aliphatic rings. The zero-order valence-electron chi connectivity index (χ0n) is 17.4. The summed E-state index contributed by atoms with van der Waals surface area (Å²) in [5.74, 6) is -0.458. The Labute approximate surface area is 192 Å². The lowest BCUT2D eigenvalue weighted by Gasteiger charge is -2.25. The molecule has 1 amide bonds. The van der Waals surface area contributed by atoms with E-state index in [0.29, 0.717) is 28.1 Å². The first-order valence-electron chi connectivity index (χ1n) is 10.3. The Kier molecular flexibility index (Phi) is 4.97. The van der Waals surface area contributed by atoms with Crippen LogP contribution < -0.4 is 10.3 Å². The number of carbonyl (C=O) groups excluding carboxylic acids is 1. The number of hydrogen-bond donors (Lipinski definition) is 0. The molecule has 3 aromatic carbocycles. The van der Waals surface area contributed by atoms with E-state index in [9.17, 15) is 14.0 Å². The van der Waals surface area contributed by atoms with Gasteiger partial charge in [0.05, 0.1) is 17.0 Å². The summed E-state index contributed by atoms with van der Waals surface area (Å²) in [4.78, 5) is 28.6. The molecule has 1 aliphatic heterocycles. The van der Waals surface area contributed by atoms with Crippen LogP contribution in [0.4, 0.5) is 10.1 Å². The van der Waals surface area contributed by atoms with Gasteiger partial charge in [-0.1, -0.05) is 54.0 Å². The van der Waals surface area contributed by atoms with Crippen molar-refractivity contribution in [1.29, 1.82) is 0 Å². The number of carbonyl (C=O) groups is 1. The van der Waals surface area contributed by atoms with Gasteiger partial charge in [0.25, 0.3) is 5.91 Å². The molecule has 1 aromatic heterocycles. The molecule has 6 heteroatoms. The second-order valence-electron chi connectivity index (χ2n) is 8.19. The number of anilines is 1. The van der Waals surface area contributed by atoms with E-state index in [4.69, 9.17) is 4.42 Å². The number of amides is 1. The SMILES string of the molecule is CC(C)c1ccc(C2c3c(oc4ccc(Br)cc4c3=O)C(=O)N2c2ccc(F)cc2)cc1. The summed E-state index contributed by atoms with van der Waals surface area (Å²) in [6, 6.07) is 18.0. The Morgan fingerprint density at radius 2 is 1.66 bits per heavy atom. The van der Waals surface area contributed by atoms with E-state index in [-0.39, 0.29) is 11.2 Å². The lowest BCUT2D eigenvalue weighted by Crippen LogP contribution is -2.29. The summed E-state index contributed by atoms with van der Waals surface area (Å²) < 4.78 is 20.3. The van der Waals surface area contributed by atoms with Crippen molar-refractivity contribution in [3.63, 3.8) is 0 Å². The van der Waals surface area contributed by atoms with Crippen molar-refractivity contribution >= 4 is 38.5 Å². The third-order valence-corrected chi connectivity index (χ3v) is 6.35. The van der Waals surface area contributed by atoms with Crippen molar-refractivity contribution in [3.8, 4) is 0 Å². The summed E-state index contributed by atoms with van der Waals surface area (Å²) in [6.07, 6.45) is 0. The first kappa shape index (κ1) is 20.6. The van der Waals surface area contributed by atoms with Gasteiger partial charge >= 0.3 is 0 Å². The molecule has 5 rings (SSSR count). The first-order chi connectivity index (χ1) is 15.3. The predicted octanol–water partition coefficient (Wildman–Crippen LogP) is 6.57. The number of nitrogens with zero attached hydrogens (tertiary/aromatic N) is 1. The average Bonchev–Trinajstić information content (AvgIpc) is 3.07. The van der Waals surface area contributed by atoms with Crippen molar-refractivity contribution in [2.24, 2.45) is 0 Å². The fourth-order valence-electron chi connectivity index (χ4n) is 4.19. The zero-order chi connectivity index (χ0) is 22.6. The highest BCUT2D eigenvalue weighted by atomic mass is 79.9. The summed E-state index contributed by atoms with van der Waals surface area (Å²) in [5, 5.41) is 0.399. The molecule has 0 saturated heterocycles. The minimum absolute atomic E-state index is 0.0204. The highest BCUT2D eigenvalue weighted by molar-refractivity contribution is 9.10. The van der Waals surface area contributed by atoms with Gasteiger partial charge in [-0.25, -0.2) is 4.39 Å². The topological polar surface area (TPSA) is 50.5 Å². The Bertz CT molecular complexity index is 1410. The van der Waals surface area contributed by atoms with Crippen LogP contribution in [0.25, 0.3) is 11.0 Å². The van der Waals surface area contributed by atoms with Crippen LogP contribution in [0, 0.1) is 5.82 Å². The van der Waals surface area contributed by atoms with Crippen molar-refractivity contribution in [2.75, 3.05) is 4.90 Å². The van der Waals surface area contributed by atoms with Crippen molar-refractivity contribution in [1.82, 2.24) is 0 Å². The average molecular weight is 492 g/mol. The molecule has 0 spiro atoms. The molecule has 0 saturated carbocycles. The molecule has 0 bridgehead atoms. The molecular formula is C26H19BrFNO3. The minimum Gasteiger partial charge on any atom is -0.450 e. The van der Waals surface area contributed by atoms with Gasteiger partial charge in [-0.2, -0.15) is 0 Å². The summed E-state index contributed by atoms with van der Waals surface area (Å²) in [5.41, 5.74) is 2.82. The molecule has 0 aliphatic carbocycles. The molecule has 0 radical (unpaired) electrons. The number of rotatable bonds is 3. The van der Waals surface area contributed by atoms with Crippen LogP contribution in [0.5, 0.6) is 0 Å². The summed E-state index contributed by atoms with van der Waals surface area (Å²) >= 11 is 3.40. The van der Waals surface area contributed by atoms with Crippen LogP contribution in [0.1, 0.15) is 53.1 Å². The molecule has 4 nitrogen and oxygen atoms in total. The first-order valence-corrected chi connectivity index (χ1v) is 11.1. The standard InChI is InChI=1S/C26H19BrFNO3/c1-14(2)15-3-5-16(6-4-15)23-22-24(30)20-13-17(27)7-12-21(20)32-25(22)26(31)29(23)19-10-8-18(28)9-11-19/h3-14,23H,1-2H3. The Hall–Kier alpha value is -3.25. The molecule has 2 heterocycles. The summed E-state index contributed by atoms with van der Waals surface area (Å²) in [6.45, 7) is 4.21. The van der Waals surface area contributed by atoms with E-state index in [1.165, 1.54) is 29.2 Å². The Morgan fingerprint density at radius 3 is 2.31 bits per heavy atom. The normalized spacial score (nSPS) is 15.6. The maximum atomic E-state index is 13.6. The highest BCUT2D eigenvalue weighted by Crippen LogP contribution is 2.41. The Balaban J connectivity index is 1.78. The maximum absolute atomic E-state index is 13.6. The molecule has 4 aromatic rings. The molecule has 160 valence electrons. The number of hydrogen-bond acceptors (Lipinski definition) is 3. The molecular weight excluding hydrogens is 473 g/mol. The molecule has 1 unspecified atom stereocenters. The van der Waals surface area contributed by atoms with E-state index >= 15 is 0 Å². The van der Waals surface area contributed by atoms with Gasteiger partial charge in [0.2, 0.25) is 5.76 Å². The largest absolute Gasteiger partial charge is 0.450 e. The number of halogens is 2. The van der Waals surface area contributed by atoms with Crippen LogP contribution in [0.2, 0.25) is 0 Å². The van der Waals surface area contributed by atoms with Crippen LogP contribution in [0.15, 0.2) is 80.4 Å². The quantitative estimate of drug-likeness (QED) is 0.325. The third-order valence-electron chi connectivity index (χ3n) is 5.86. The lowest BCUT2D eigenvalue weighted by atomic mass is 9.95. The van der Waals surface area contributed by atoms with Gasteiger partial charge < -0.3 is 4.42 Å². The third kappa shape index (κ3) is 3.26. The highest BCUT2D eigenvalue weighted by Gasteiger charge is 2.43. The fourth-order valence-corrected chi connectivity index (χ4v) is 4.55. The van der Waals surface area contributed by atoms with Crippen molar-refractivity contribution in [2.45, 2.75) is 25.8 Å². The van der Waals surface area contributed by atoms with Crippen LogP contribution in [0.3, 0.4) is 0 Å². The van der Waals surface area contributed by atoms with E-state index < -0.39 is 17.8 Å². The molecule has 32 heavy (non-hydrogen) atoms. The fraction of sp³-hybridized carbons (Fsp3) is 0.154. The van der Waals surface area contributed by atoms with Crippen molar-refractivity contribution < 1.29 is 13.6 Å². The van der Waals surface area contributed by atoms with Crippen molar-refractivity contribution in [3.05, 3.63) is 110 Å². The summed E-state index contributed by atoms with van der Waals surface area (Å²) in [7, 11) is 0. The van der Waals surface area contributed by atoms with E-state index in [0.717, 1.165) is 15.6 Å². The van der Waals surface area contributed by atoms with E-state index in [1.54, 1.807) is 18.2 Å². The van der Waals surface area contributed by atoms with E-state index in [1.807, 2.05) is 24.3 Å². The second kappa shape index (κ2) is 7.71. The smallest absolute Gasteiger partial charge is 0.295 e. The monoisotopic (exact) mass is 491 g/mol. The molecule has 0 N–H and O–H groups in total. The van der Waals surface area contributed by atoms with Crippen LogP contribution >= 0.6 is 15.9 Å². The number of benzene rings is 3. The van der Waals surface area contributed by atoms with Gasteiger partial charge in [-0.15, -0.1) is 0 Å². The zero-order valence-corrected chi connectivity index (χ0v) is 19.0. The van der Waals surface area contributed by atoms with Crippen LogP contribution in [-0.4, -0.2) is 5.91 Å². The molecule has 0 fully saturated rings. The maximum Gasteiger partial charge on any atom is 0.295 e. The van der Waals surface area contributed by atoms with Crippen LogP contribution in [-0.2, 0) is 0 Å². The van der Waals surface area contributed by atoms with Gasteiger partial charge in [-0.3, -0.25) is 14.5 Å². The van der Waals surface area contributed by atoms with Gasteiger partial charge in [0.15, 0.2) is 5.43 Å². The minimum atomic E-state index is -0.677. The molecule has 1 atom stereocenters.